The maximum Gasteiger partial charge on any atom is 0.490 e. The van der Waals surface area contributed by atoms with Gasteiger partial charge in [0.15, 0.2) is 0 Å². The molecule has 1 N–H and O–H groups in total. The quantitative estimate of drug-likeness (QED) is 0.640. The molecule has 0 aromatic carbocycles. The second-order valence-electron chi connectivity index (χ2n) is 6.43. The molecule has 0 spiro atoms. The number of pyridine rings is 2. The highest BCUT2D eigenvalue weighted by atomic mass is 19.4. The fraction of sp³-hybridized carbons (Fsp3) is 0.263. The van der Waals surface area contributed by atoms with Gasteiger partial charge in [-0.15, -0.1) is 5.10 Å². The number of halogens is 3. The van der Waals surface area contributed by atoms with Gasteiger partial charge in [-0.05, 0) is 18.2 Å². The summed E-state index contributed by atoms with van der Waals surface area (Å²) in [5, 5.41) is 15.5. The SMILES string of the molecule is O=C(O)C(F)(F)F.O=C(c1cccnc1)N1CCn2nnc(COc3ccccn3)c2C1. The Kier molecular flexibility index (Phi) is 6.97. The minimum atomic E-state index is -5.08. The molecule has 0 saturated heterocycles. The van der Waals surface area contributed by atoms with Gasteiger partial charge in [0.25, 0.3) is 5.91 Å². The zero-order chi connectivity index (χ0) is 23.1. The molecule has 0 bridgehead atoms. The summed E-state index contributed by atoms with van der Waals surface area (Å²) in [6.45, 7) is 1.91. The number of carbonyl (C=O) groups excluding carboxylic acids is 1. The third kappa shape index (κ3) is 5.77. The third-order valence-electron chi connectivity index (χ3n) is 4.27. The maximum atomic E-state index is 12.6. The van der Waals surface area contributed by atoms with Gasteiger partial charge in [0, 0.05) is 31.2 Å². The standard InChI is InChI=1S/C17H16N6O2.C2HF3O2/c24-17(13-4-3-6-18-10-13)22-8-9-23-15(11-22)14(20-21-23)12-25-16-5-1-2-7-19-16;3-2(4,5)1(6)7/h1-7,10H,8-9,11-12H2;(H,6,7). The van der Waals surface area contributed by atoms with Crippen LogP contribution >= 0.6 is 0 Å². The van der Waals surface area contributed by atoms with Crippen LogP contribution in [0.1, 0.15) is 21.7 Å². The predicted molar refractivity (Wildman–Crippen MR) is 101 cm³/mol. The Morgan fingerprint density at radius 1 is 1.12 bits per heavy atom. The molecular weight excluding hydrogens is 433 g/mol. The number of carboxylic acids is 1. The average Bonchev–Trinajstić information content (AvgIpc) is 3.20. The molecule has 3 aromatic heterocycles. The normalized spacial score (nSPS) is 12.9. The van der Waals surface area contributed by atoms with Crippen LogP contribution in [-0.4, -0.2) is 59.6 Å². The van der Waals surface area contributed by atoms with Crippen molar-refractivity contribution in [2.45, 2.75) is 25.9 Å². The van der Waals surface area contributed by atoms with E-state index in [-0.39, 0.29) is 12.5 Å². The summed E-state index contributed by atoms with van der Waals surface area (Å²) in [7, 11) is 0. The number of aliphatic carboxylic acids is 1. The third-order valence-corrected chi connectivity index (χ3v) is 4.27. The molecule has 0 radical (unpaired) electrons. The van der Waals surface area contributed by atoms with Crippen molar-refractivity contribution in [2.75, 3.05) is 6.54 Å². The van der Waals surface area contributed by atoms with Crippen molar-refractivity contribution >= 4 is 11.9 Å². The molecule has 0 unspecified atom stereocenters. The van der Waals surface area contributed by atoms with E-state index in [2.05, 4.69) is 20.3 Å². The van der Waals surface area contributed by atoms with E-state index < -0.39 is 12.1 Å². The summed E-state index contributed by atoms with van der Waals surface area (Å²) in [5.74, 6) is -2.27. The van der Waals surface area contributed by atoms with E-state index in [0.29, 0.717) is 36.8 Å². The number of fused-ring (bicyclic) bond motifs is 1. The van der Waals surface area contributed by atoms with E-state index in [4.69, 9.17) is 14.6 Å². The van der Waals surface area contributed by atoms with Crippen molar-refractivity contribution < 1.29 is 32.6 Å². The smallest absolute Gasteiger partial charge is 0.475 e. The lowest BCUT2D eigenvalue weighted by molar-refractivity contribution is -0.192. The predicted octanol–water partition coefficient (Wildman–Crippen LogP) is 1.94. The fourth-order valence-electron chi connectivity index (χ4n) is 2.73. The zero-order valence-corrected chi connectivity index (χ0v) is 16.4. The molecule has 32 heavy (non-hydrogen) atoms. The first-order chi connectivity index (χ1) is 15.3. The number of hydrogen-bond acceptors (Lipinski definition) is 7. The molecule has 13 heteroatoms. The number of rotatable bonds is 4. The lowest BCUT2D eigenvalue weighted by Gasteiger charge is -2.27. The van der Waals surface area contributed by atoms with E-state index in [1.54, 1.807) is 41.7 Å². The van der Waals surface area contributed by atoms with Gasteiger partial charge in [0.2, 0.25) is 5.88 Å². The molecule has 1 aliphatic rings. The van der Waals surface area contributed by atoms with Crippen molar-refractivity contribution in [1.29, 1.82) is 0 Å². The number of aromatic nitrogens is 5. The van der Waals surface area contributed by atoms with Crippen molar-refractivity contribution in [3.63, 3.8) is 0 Å². The summed E-state index contributed by atoms with van der Waals surface area (Å²) >= 11 is 0. The molecule has 4 heterocycles. The minimum Gasteiger partial charge on any atom is -0.475 e. The van der Waals surface area contributed by atoms with Crippen LogP contribution in [0.15, 0.2) is 48.9 Å². The first-order valence-electron chi connectivity index (χ1n) is 9.20. The van der Waals surface area contributed by atoms with Gasteiger partial charge in [0.1, 0.15) is 12.3 Å². The van der Waals surface area contributed by atoms with Crippen LogP contribution in [0.25, 0.3) is 0 Å². The second kappa shape index (κ2) is 9.85. The van der Waals surface area contributed by atoms with Crippen LogP contribution in [0.2, 0.25) is 0 Å². The van der Waals surface area contributed by atoms with Gasteiger partial charge in [-0.25, -0.2) is 14.5 Å². The minimum absolute atomic E-state index is 0.0443. The topological polar surface area (TPSA) is 123 Å². The Balaban J connectivity index is 0.000000360. The molecule has 168 valence electrons. The highest BCUT2D eigenvalue weighted by Gasteiger charge is 2.38. The Morgan fingerprint density at radius 2 is 1.91 bits per heavy atom. The number of alkyl halides is 3. The molecule has 1 amide bonds. The summed E-state index contributed by atoms with van der Waals surface area (Å²) in [4.78, 5) is 31.4. The number of hydrogen-bond donors (Lipinski definition) is 1. The highest BCUT2D eigenvalue weighted by molar-refractivity contribution is 5.93. The van der Waals surface area contributed by atoms with E-state index in [9.17, 15) is 18.0 Å². The largest absolute Gasteiger partial charge is 0.490 e. The molecule has 1 aliphatic heterocycles. The second-order valence-corrected chi connectivity index (χ2v) is 6.43. The number of nitrogens with zero attached hydrogens (tertiary/aromatic N) is 6. The Morgan fingerprint density at radius 3 is 2.53 bits per heavy atom. The van der Waals surface area contributed by atoms with Gasteiger partial charge in [-0.1, -0.05) is 11.3 Å². The molecule has 3 aromatic rings. The van der Waals surface area contributed by atoms with Gasteiger partial charge < -0.3 is 14.7 Å². The summed E-state index contributed by atoms with van der Waals surface area (Å²) < 4.78 is 39.2. The average molecular weight is 450 g/mol. The number of ether oxygens (including phenoxy) is 1. The number of amides is 1. The van der Waals surface area contributed by atoms with Crippen LogP contribution < -0.4 is 4.74 Å². The summed E-state index contributed by atoms with van der Waals surface area (Å²) in [5.41, 5.74) is 2.18. The summed E-state index contributed by atoms with van der Waals surface area (Å²) in [6.07, 6.45) is -0.179. The Hall–Kier alpha value is -4.03. The summed E-state index contributed by atoms with van der Waals surface area (Å²) in [6, 6.07) is 9.00. The molecule has 4 rings (SSSR count). The molecule has 0 saturated carbocycles. The van der Waals surface area contributed by atoms with Crippen molar-refractivity contribution in [3.05, 3.63) is 65.9 Å². The molecule has 0 atom stereocenters. The van der Waals surface area contributed by atoms with Crippen LogP contribution in [0.3, 0.4) is 0 Å². The van der Waals surface area contributed by atoms with E-state index in [0.717, 1.165) is 5.69 Å². The molecular formula is C19H17F3N6O4. The van der Waals surface area contributed by atoms with Crippen LogP contribution in [0.4, 0.5) is 13.2 Å². The maximum absolute atomic E-state index is 12.6. The molecule has 0 aliphatic carbocycles. The lowest BCUT2D eigenvalue weighted by Crippen LogP contribution is -2.38. The van der Waals surface area contributed by atoms with Crippen LogP contribution in [-0.2, 0) is 24.5 Å². The van der Waals surface area contributed by atoms with E-state index >= 15 is 0 Å². The zero-order valence-electron chi connectivity index (χ0n) is 16.4. The van der Waals surface area contributed by atoms with Crippen molar-refractivity contribution in [1.82, 2.24) is 29.9 Å². The van der Waals surface area contributed by atoms with Gasteiger partial charge >= 0.3 is 12.1 Å². The first-order valence-corrected chi connectivity index (χ1v) is 9.20. The highest BCUT2D eigenvalue weighted by Crippen LogP contribution is 2.18. The van der Waals surface area contributed by atoms with Crippen LogP contribution in [0.5, 0.6) is 5.88 Å². The van der Waals surface area contributed by atoms with Crippen molar-refractivity contribution in [2.24, 2.45) is 0 Å². The number of carbonyl (C=O) groups is 2. The van der Waals surface area contributed by atoms with Gasteiger partial charge in [-0.2, -0.15) is 13.2 Å². The number of carboxylic acid groups (broad SMARTS) is 1. The van der Waals surface area contributed by atoms with Crippen LogP contribution in [0, 0.1) is 0 Å². The fourth-order valence-corrected chi connectivity index (χ4v) is 2.73. The monoisotopic (exact) mass is 450 g/mol. The van der Waals surface area contributed by atoms with Gasteiger partial charge in [0.05, 0.1) is 24.3 Å². The van der Waals surface area contributed by atoms with Crippen molar-refractivity contribution in [3.8, 4) is 5.88 Å². The van der Waals surface area contributed by atoms with E-state index in [1.807, 2.05) is 16.8 Å². The Labute approximate surface area is 179 Å². The lowest BCUT2D eigenvalue weighted by atomic mass is 10.2. The Bertz CT molecular complexity index is 1060. The first kappa shape index (κ1) is 22.7. The van der Waals surface area contributed by atoms with Gasteiger partial charge in [-0.3, -0.25) is 9.78 Å². The van der Waals surface area contributed by atoms with E-state index in [1.165, 1.54) is 0 Å². The molecule has 0 fully saturated rings. The molecule has 10 nitrogen and oxygen atoms in total.